The number of carbonyl (C=O) groups excluding carboxylic acids is 2. The standard InChI is InChI=1S/C21H22N2O4S/c1-13-9-10-15(11-17(13)26-4)21(25)27-12-19(24)23(3)14(2)20-22-16-7-5-6-8-18(16)28-20/h5-11,14H,12H2,1-4H3/t14-/m1/s1. The predicted molar refractivity (Wildman–Crippen MR) is 109 cm³/mol. The van der Waals surface area contributed by atoms with Crippen molar-refractivity contribution in [2.45, 2.75) is 19.9 Å². The Kier molecular flexibility index (Phi) is 5.94. The summed E-state index contributed by atoms with van der Waals surface area (Å²) in [7, 11) is 3.22. The molecule has 0 aliphatic rings. The highest BCUT2D eigenvalue weighted by atomic mass is 32.1. The van der Waals surface area contributed by atoms with E-state index in [0.29, 0.717) is 11.3 Å². The molecule has 1 atom stereocenters. The van der Waals surface area contributed by atoms with E-state index in [1.54, 1.807) is 48.6 Å². The van der Waals surface area contributed by atoms with Gasteiger partial charge in [-0.1, -0.05) is 18.2 Å². The molecular weight excluding hydrogens is 376 g/mol. The van der Waals surface area contributed by atoms with Gasteiger partial charge < -0.3 is 14.4 Å². The van der Waals surface area contributed by atoms with Crippen LogP contribution < -0.4 is 4.74 Å². The number of fused-ring (bicyclic) bond motifs is 1. The Morgan fingerprint density at radius 2 is 1.96 bits per heavy atom. The molecule has 28 heavy (non-hydrogen) atoms. The number of esters is 1. The number of amides is 1. The number of rotatable bonds is 6. The fourth-order valence-corrected chi connectivity index (χ4v) is 3.77. The average Bonchev–Trinajstić information content (AvgIpc) is 3.15. The fourth-order valence-electron chi connectivity index (χ4n) is 2.71. The molecule has 0 radical (unpaired) electrons. The normalized spacial score (nSPS) is 11.9. The highest BCUT2D eigenvalue weighted by molar-refractivity contribution is 7.18. The first kappa shape index (κ1) is 19.8. The highest BCUT2D eigenvalue weighted by Crippen LogP contribution is 2.28. The van der Waals surface area contributed by atoms with Gasteiger partial charge in [0.2, 0.25) is 0 Å². The summed E-state index contributed by atoms with van der Waals surface area (Å²) in [4.78, 5) is 30.9. The van der Waals surface area contributed by atoms with Crippen molar-refractivity contribution in [2.24, 2.45) is 0 Å². The molecule has 0 N–H and O–H groups in total. The molecule has 0 unspecified atom stereocenters. The predicted octanol–water partition coefficient (Wildman–Crippen LogP) is 3.99. The smallest absolute Gasteiger partial charge is 0.338 e. The van der Waals surface area contributed by atoms with E-state index >= 15 is 0 Å². The largest absolute Gasteiger partial charge is 0.496 e. The molecule has 146 valence electrons. The lowest BCUT2D eigenvalue weighted by Crippen LogP contribution is -2.33. The van der Waals surface area contributed by atoms with Crippen LogP contribution in [0.25, 0.3) is 10.2 Å². The van der Waals surface area contributed by atoms with Gasteiger partial charge in [0.05, 0.1) is 28.9 Å². The van der Waals surface area contributed by atoms with Crippen LogP contribution in [0.1, 0.15) is 33.9 Å². The molecule has 0 spiro atoms. The molecule has 6 nitrogen and oxygen atoms in total. The van der Waals surface area contributed by atoms with Gasteiger partial charge in [-0.25, -0.2) is 9.78 Å². The van der Waals surface area contributed by atoms with Crippen LogP contribution >= 0.6 is 11.3 Å². The number of para-hydroxylation sites is 1. The number of benzene rings is 2. The molecule has 0 saturated heterocycles. The second kappa shape index (κ2) is 8.39. The SMILES string of the molecule is COc1cc(C(=O)OCC(=O)N(C)[C@H](C)c2nc3ccccc3s2)ccc1C. The Morgan fingerprint density at radius 3 is 2.68 bits per heavy atom. The monoisotopic (exact) mass is 398 g/mol. The van der Waals surface area contributed by atoms with Crippen LogP contribution in [0.3, 0.4) is 0 Å². The molecule has 1 heterocycles. The molecule has 7 heteroatoms. The summed E-state index contributed by atoms with van der Waals surface area (Å²) in [5, 5.41) is 0.839. The van der Waals surface area contributed by atoms with Gasteiger partial charge in [0, 0.05) is 7.05 Å². The summed E-state index contributed by atoms with van der Waals surface area (Å²) in [6.07, 6.45) is 0. The van der Waals surface area contributed by atoms with Crippen LogP contribution in [-0.4, -0.2) is 42.5 Å². The third kappa shape index (κ3) is 4.14. The first-order chi connectivity index (χ1) is 13.4. The lowest BCUT2D eigenvalue weighted by molar-refractivity contribution is -0.135. The van der Waals surface area contributed by atoms with E-state index in [2.05, 4.69) is 4.98 Å². The van der Waals surface area contributed by atoms with Crippen molar-refractivity contribution in [2.75, 3.05) is 20.8 Å². The highest BCUT2D eigenvalue weighted by Gasteiger charge is 2.22. The Morgan fingerprint density at radius 1 is 1.21 bits per heavy atom. The van der Waals surface area contributed by atoms with Crippen molar-refractivity contribution in [1.29, 1.82) is 0 Å². The number of likely N-dealkylation sites (N-methyl/N-ethyl adjacent to an activating group) is 1. The minimum atomic E-state index is -0.562. The van der Waals surface area contributed by atoms with Crippen molar-refractivity contribution >= 4 is 33.4 Å². The Balaban J connectivity index is 1.62. The topological polar surface area (TPSA) is 68.7 Å². The maximum atomic E-state index is 12.5. The second-order valence-corrected chi connectivity index (χ2v) is 7.52. The van der Waals surface area contributed by atoms with E-state index in [-0.39, 0.29) is 18.6 Å². The van der Waals surface area contributed by atoms with E-state index in [9.17, 15) is 9.59 Å². The zero-order valence-electron chi connectivity index (χ0n) is 16.3. The average molecular weight is 398 g/mol. The van der Waals surface area contributed by atoms with E-state index in [4.69, 9.17) is 9.47 Å². The Labute approximate surface area is 167 Å². The van der Waals surface area contributed by atoms with Crippen molar-refractivity contribution in [3.63, 3.8) is 0 Å². The van der Waals surface area contributed by atoms with Gasteiger partial charge in [0.15, 0.2) is 6.61 Å². The maximum Gasteiger partial charge on any atom is 0.338 e. The summed E-state index contributed by atoms with van der Waals surface area (Å²) in [6, 6.07) is 12.7. The number of hydrogen-bond acceptors (Lipinski definition) is 6. The number of aryl methyl sites for hydroxylation is 1. The number of thiazole rings is 1. The molecular formula is C21H22N2O4S. The van der Waals surface area contributed by atoms with Gasteiger partial charge in [-0.3, -0.25) is 4.79 Å². The number of carbonyl (C=O) groups is 2. The molecule has 1 amide bonds. The molecule has 0 bridgehead atoms. The van der Waals surface area contributed by atoms with Crippen LogP contribution in [0.4, 0.5) is 0 Å². The minimum Gasteiger partial charge on any atom is -0.496 e. The van der Waals surface area contributed by atoms with E-state index in [1.165, 1.54) is 0 Å². The maximum absolute atomic E-state index is 12.5. The van der Waals surface area contributed by atoms with Crippen LogP contribution in [0.5, 0.6) is 5.75 Å². The summed E-state index contributed by atoms with van der Waals surface area (Å²) >= 11 is 1.55. The summed E-state index contributed by atoms with van der Waals surface area (Å²) < 4.78 is 11.5. The van der Waals surface area contributed by atoms with Gasteiger partial charge in [0.1, 0.15) is 10.8 Å². The quantitative estimate of drug-likeness (QED) is 0.587. The lowest BCUT2D eigenvalue weighted by atomic mass is 10.1. The zero-order chi connectivity index (χ0) is 20.3. The summed E-state index contributed by atoms with van der Waals surface area (Å²) in [5.74, 6) is -0.255. The molecule has 3 rings (SSSR count). The van der Waals surface area contributed by atoms with Crippen molar-refractivity contribution < 1.29 is 19.1 Å². The number of nitrogens with zero attached hydrogens (tertiary/aromatic N) is 2. The second-order valence-electron chi connectivity index (χ2n) is 6.46. The number of aromatic nitrogens is 1. The lowest BCUT2D eigenvalue weighted by Gasteiger charge is -2.23. The number of ether oxygens (including phenoxy) is 2. The van der Waals surface area contributed by atoms with Crippen molar-refractivity contribution in [3.05, 3.63) is 58.6 Å². The zero-order valence-corrected chi connectivity index (χ0v) is 17.1. The first-order valence-electron chi connectivity index (χ1n) is 8.83. The minimum absolute atomic E-state index is 0.219. The molecule has 0 fully saturated rings. The van der Waals surface area contributed by atoms with E-state index < -0.39 is 5.97 Å². The first-order valence-corrected chi connectivity index (χ1v) is 9.65. The van der Waals surface area contributed by atoms with Gasteiger partial charge in [-0.2, -0.15) is 0 Å². The van der Waals surface area contributed by atoms with Gasteiger partial charge in [-0.05, 0) is 43.7 Å². The molecule has 2 aromatic carbocycles. The third-order valence-electron chi connectivity index (χ3n) is 4.61. The van der Waals surface area contributed by atoms with Gasteiger partial charge >= 0.3 is 5.97 Å². The van der Waals surface area contributed by atoms with Crippen LogP contribution in [-0.2, 0) is 9.53 Å². The molecule has 3 aromatic rings. The Bertz CT molecular complexity index is 982. The molecule has 0 saturated carbocycles. The van der Waals surface area contributed by atoms with E-state index in [0.717, 1.165) is 20.8 Å². The summed E-state index contributed by atoms with van der Waals surface area (Å²) in [6.45, 7) is 3.46. The van der Waals surface area contributed by atoms with Crippen molar-refractivity contribution in [1.82, 2.24) is 9.88 Å². The molecule has 0 aliphatic heterocycles. The van der Waals surface area contributed by atoms with Gasteiger partial charge in [0.25, 0.3) is 5.91 Å². The number of hydrogen-bond donors (Lipinski definition) is 0. The van der Waals surface area contributed by atoms with Crippen molar-refractivity contribution in [3.8, 4) is 5.75 Å². The van der Waals surface area contributed by atoms with Crippen LogP contribution in [0, 0.1) is 6.92 Å². The fraction of sp³-hybridized carbons (Fsp3) is 0.286. The molecule has 0 aliphatic carbocycles. The summed E-state index contributed by atoms with van der Waals surface area (Å²) in [5.41, 5.74) is 2.17. The van der Waals surface area contributed by atoms with Crippen LogP contribution in [0.2, 0.25) is 0 Å². The van der Waals surface area contributed by atoms with E-state index in [1.807, 2.05) is 38.1 Å². The Hall–Kier alpha value is -2.93. The number of methoxy groups -OCH3 is 1. The third-order valence-corrected chi connectivity index (χ3v) is 5.82. The molecule has 1 aromatic heterocycles. The van der Waals surface area contributed by atoms with Crippen LogP contribution in [0.15, 0.2) is 42.5 Å². The van der Waals surface area contributed by atoms with Gasteiger partial charge in [-0.15, -0.1) is 11.3 Å².